The van der Waals surface area contributed by atoms with Gasteiger partial charge in [0.25, 0.3) is 5.91 Å². The van der Waals surface area contributed by atoms with Crippen LogP contribution in [0, 0.1) is 6.92 Å². The molecule has 0 fully saturated rings. The highest BCUT2D eigenvalue weighted by atomic mass is 16.5. The number of rotatable bonds is 8. The van der Waals surface area contributed by atoms with Crippen molar-refractivity contribution in [3.63, 3.8) is 0 Å². The molecule has 0 bridgehead atoms. The number of benzene rings is 2. The Morgan fingerprint density at radius 2 is 1.70 bits per heavy atom. The van der Waals surface area contributed by atoms with Gasteiger partial charge in [-0.1, -0.05) is 30.3 Å². The quantitative estimate of drug-likeness (QED) is 0.668. The molecule has 0 N–H and O–H groups in total. The van der Waals surface area contributed by atoms with Gasteiger partial charge >= 0.3 is 5.97 Å². The molecule has 2 aromatic carbocycles. The van der Waals surface area contributed by atoms with Crippen LogP contribution < -0.4 is 9.47 Å². The van der Waals surface area contributed by atoms with Gasteiger partial charge in [-0.05, 0) is 30.2 Å². The van der Waals surface area contributed by atoms with E-state index in [4.69, 9.17) is 14.2 Å². The van der Waals surface area contributed by atoms with Gasteiger partial charge in [-0.3, -0.25) is 9.59 Å². The Morgan fingerprint density at radius 1 is 1.00 bits per heavy atom. The summed E-state index contributed by atoms with van der Waals surface area (Å²) >= 11 is 0. The Morgan fingerprint density at radius 3 is 2.41 bits per heavy atom. The smallest absolute Gasteiger partial charge is 0.310 e. The molecule has 0 heterocycles. The first-order valence-corrected chi connectivity index (χ1v) is 8.59. The predicted octanol–water partition coefficient (Wildman–Crippen LogP) is 2.76. The van der Waals surface area contributed by atoms with Crippen LogP contribution in [0.15, 0.2) is 42.5 Å². The lowest BCUT2D eigenvalue weighted by atomic mass is 10.1. The van der Waals surface area contributed by atoms with E-state index in [1.54, 1.807) is 27.3 Å². The number of carbonyl (C=O) groups is 2. The van der Waals surface area contributed by atoms with Gasteiger partial charge in [-0.15, -0.1) is 0 Å². The van der Waals surface area contributed by atoms with Crippen molar-refractivity contribution in [3.05, 3.63) is 59.2 Å². The second-order valence-electron chi connectivity index (χ2n) is 6.20. The summed E-state index contributed by atoms with van der Waals surface area (Å²) in [6.45, 7) is 2.00. The van der Waals surface area contributed by atoms with Crippen LogP contribution in [0.4, 0.5) is 0 Å². The van der Waals surface area contributed by atoms with Crippen LogP contribution in [0.1, 0.15) is 16.7 Å². The fraction of sp³-hybridized carbons (Fsp3) is 0.333. The number of hydrogen-bond acceptors (Lipinski definition) is 5. The maximum absolute atomic E-state index is 12.2. The molecule has 0 atom stereocenters. The molecule has 6 heteroatoms. The number of esters is 1. The van der Waals surface area contributed by atoms with Gasteiger partial charge in [0.2, 0.25) is 0 Å². The largest absolute Gasteiger partial charge is 0.496 e. The summed E-state index contributed by atoms with van der Waals surface area (Å²) in [5.74, 6) is 0.686. The Labute approximate surface area is 159 Å². The summed E-state index contributed by atoms with van der Waals surface area (Å²) in [5, 5.41) is 0. The number of likely N-dealkylation sites (N-methyl/N-ethyl adjacent to an activating group) is 1. The molecular formula is C21H25NO5. The van der Waals surface area contributed by atoms with E-state index in [0.717, 1.165) is 16.7 Å². The first-order chi connectivity index (χ1) is 12.9. The monoisotopic (exact) mass is 371 g/mol. The lowest BCUT2D eigenvalue weighted by Gasteiger charge is -2.18. The third-order valence-electron chi connectivity index (χ3n) is 4.20. The Kier molecular flexibility index (Phi) is 7.23. The van der Waals surface area contributed by atoms with E-state index in [1.165, 1.54) is 4.90 Å². The molecule has 0 saturated carbocycles. The van der Waals surface area contributed by atoms with E-state index in [0.29, 0.717) is 18.0 Å². The van der Waals surface area contributed by atoms with Crippen LogP contribution in [0.3, 0.4) is 0 Å². The molecule has 27 heavy (non-hydrogen) atoms. The molecule has 0 aliphatic heterocycles. The van der Waals surface area contributed by atoms with E-state index >= 15 is 0 Å². The molecule has 0 spiro atoms. The number of hydrogen-bond donors (Lipinski definition) is 0. The average Bonchev–Trinajstić information content (AvgIpc) is 2.67. The number of nitrogens with zero attached hydrogens (tertiary/aromatic N) is 1. The molecule has 0 unspecified atom stereocenters. The Hall–Kier alpha value is -3.02. The SMILES string of the molecule is COc1cc(CC(=O)OCC(=O)N(C)Cc2ccccc2OC)ccc1C. The highest BCUT2D eigenvalue weighted by Gasteiger charge is 2.15. The second-order valence-corrected chi connectivity index (χ2v) is 6.20. The third kappa shape index (κ3) is 5.74. The fourth-order valence-corrected chi connectivity index (χ4v) is 2.62. The molecule has 0 aliphatic carbocycles. The molecule has 144 valence electrons. The Bertz CT molecular complexity index is 803. The second kappa shape index (κ2) is 9.62. The fourth-order valence-electron chi connectivity index (χ4n) is 2.62. The van der Waals surface area contributed by atoms with Crippen LogP contribution in [0.2, 0.25) is 0 Å². The zero-order valence-electron chi connectivity index (χ0n) is 16.2. The molecule has 0 saturated heterocycles. The van der Waals surface area contributed by atoms with Gasteiger partial charge in [0.1, 0.15) is 11.5 Å². The summed E-state index contributed by atoms with van der Waals surface area (Å²) in [6.07, 6.45) is 0.0835. The van der Waals surface area contributed by atoms with E-state index in [2.05, 4.69) is 0 Å². The van der Waals surface area contributed by atoms with E-state index in [1.807, 2.05) is 43.3 Å². The molecule has 0 radical (unpaired) electrons. The topological polar surface area (TPSA) is 65.1 Å². The van der Waals surface area contributed by atoms with Crippen molar-refractivity contribution in [3.8, 4) is 11.5 Å². The van der Waals surface area contributed by atoms with Crippen LogP contribution in [-0.4, -0.2) is 44.7 Å². The highest BCUT2D eigenvalue weighted by Crippen LogP contribution is 2.20. The van der Waals surface area contributed by atoms with E-state index < -0.39 is 5.97 Å². The minimum atomic E-state index is -0.458. The lowest BCUT2D eigenvalue weighted by Crippen LogP contribution is -2.31. The minimum absolute atomic E-state index is 0.0835. The summed E-state index contributed by atoms with van der Waals surface area (Å²) in [7, 11) is 4.83. The van der Waals surface area contributed by atoms with Crippen LogP contribution >= 0.6 is 0 Å². The summed E-state index contributed by atoms with van der Waals surface area (Å²) in [6, 6.07) is 13.0. The lowest BCUT2D eigenvalue weighted by molar-refractivity contribution is -0.151. The minimum Gasteiger partial charge on any atom is -0.496 e. The normalized spacial score (nSPS) is 10.2. The van der Waals surface area contributed by atoms with Crippen molar-refractivity contribution < 1.29 is 23.8 Å². The summed E-state index contributed by atoms with van der Waals surface area (Å²) in [5.41, 5.74) is 2.65. The molecule has 0 aromatic heterocycles. The molecule has 2 rings (SSSR count). The molecule has 6 nitrogen and oxygen atoms in total. The number of ether oxygens (including phenoxy) is 3. The van der Waals surface area contributed by atoms with Crippen molar-refractivity contribution in [2.75, 3.05) is 27.9 Å². The predicted molar refractivity (Wildman–Crippen MR) is 102 cm³/mol. The van der Waals surface area contributed by atoms with Crippen molar-refractivity contribution in [1.82, 2.24) is 4.90 Å². The maximum atomic E-state index is 12.2. The standard InChI is InChI=1S/C21H25NO5/c1-15-9-10-16(11-19(15)26-4)12-21(24)27-14-20(23)22(2)13-17-7-5-6-8-18(17)25-3/h5-11H,12-14H2,1-4H3. The highest BCUT2D eigenvalue weighted by molar-refractivity contribution is 5.81. The first-order valence-electron chi connectivity index (χ1n) is 8.59. The number of carbonyl (C=O) groups excluding carboxylic acids is 2. The molecule has 1 amide bonds. The van der Waals surface area contributed by atoms with Crippen LogP contribution in [0.5, 0.6) is 11.5 Å². The maximum Gasteiger partial charge on any atom is 0.310 e. The average molecular weight is 371 g/mol. The number of para-hydroxylation sites is 1. The van der Waals surface area contributed by atoms with Crippen LogP contribution in [0.25, 0.3) is 0 Å². The molecule has 0 aliphatic rings. The Balaban J connectivity index is 1.86. The molecule has 2 aromatic rings. The van der Waals surface area contributed by atoms with Crippen molar-refractivity contribution in [2.45, 2.75) is 19.9 Å². The van der Waals surface area contributed by atoms with Crippen LogP contribution in [-0.2, 0) is 27.3 Å². The summed E-state index contributed by atoms with van der Waals surface area (Å²) < 4.78 is 15.7. The van der Waals surface area contributed by atoms with Gasteiger partial charge in [0.15, 0.2) is 6.61 Å². The van der Waals surface area contributed by atoms with E-state index in [-0.39, 0.29) is 18.9 Å². The number of methoxy groups -OCH3 is 2. The zero-order chi connectivity index (χ0) is 19.8. The van der Waals surface area contributed by atoms with E-state index in [9.17, 15) is 9.59 Å². The zero-order valence-corrected chi connectivity index (χ0v) is 16.2. The first kappa shape index (κ1) is 20.3. The van der Waals surface area contributed by atoms with Crippen molar-refractivity contribution in [1.29, 1.82) is 0 Å². The van der Waals surface area contributed by atoms with Gasteiger partial charge < -0.3 is 19.1 Å². The van der Waals surface area contributed by atoms with Gasteiger partial charge in [-0.2, -0.15) is 0 Å². The van der Waals surface area contributed by atoms with Gasteiger partial charge in [0, 0.05) is 19.2 Å². The van der Waals surface area contributed by atoms with Crippen molar-refractivity contribution in [2.24, 2.45) is 0 Å². The van der Waals surface area contributed by atoms with Gasteiger partial charge in [-0.25, -0.2) is 0 Å². The van der Waals surface area contributed by atoms with Gasteiger partial charge in [0.05, 0.1) is 20.6 Å². The van der Waals surface area contributed by atoms with Crippen molar-refractivity contribution >= 4 is 11.9 Å². The number of amides is 1. The molecular weight excluding hydrogens is 346 g/mol. The summed E-state index contributed by atoms with van der Waals surface area (Å²) in [4.78, 5) is 25.8. The number of aryl methyl sites for hydroxylation is 1. The third-order valence-corrected chi connectivity index (χ3v) is 4.20.